The van der Waals surface area contributed by atoms with Crippen LogP contribution in [0.15, 0.2) is 61.6 Å². The van der Waals surface area contributed by atoms with E-state index in [4.69, 9.17) is 0 Å². The van der Waals surface area contributed by atoms with Gasteiger partial charge in [-0.2, -0.15) is 0 Å². The maximum atomic E-state index is 12.3. The van der Waals surface area contributed by atoms with Crippen molar-refractivity contribution in [2.45, 2.75) is 13.3 Å². The average molecular weight is 332 g/mol. The number of aryl methyl sites for hydroxylation is 1. The third-order valence-electron chi connectivity index (χ3n) is 3.87. The van der Waals surface area contributed by atoms with Crippen molar-refractivity contribution in [3.63, 3.8) is 0 Å². The van der Waals surface area contributed by atoms with Crippen molar-refractivity contribution in [3.8, 4) is 5.82 Å². The highest BCUT2D eigenvalue weighted by atomic mass is 16.1. The Morgan fingerprint density at radius 3 is 2.88 bits per heavy atom. The summed E-state index contributed by atoms with van der Waals surface area (Å²) >= 11 is 0. The summed E-state index contributed by atoms with van der Waals surface area (Å²) in [5.41, 5.74) is 3.33. The number of carbonyl (C=O) groups excluding carboxylic acids is 1. The summed E-state index contributed by atoms with van der Waals surface area (Å²) in [5, 5.41) is 2.85. The monoisotopic (exact) mass is 332 g/mol. The molecule has 0 aromatic carbocycles. The van der Waals surface area contributed by atoms with Crippen LogP contribution < -0.4 is 5.32 Å². The maximum Gasteiger partial charge on any atom is 0.230 e. The van der Waals surface area contributed by atoms with Gasteiger partial charge in [-0.05, 0) is 30.7 Å². The molecule has 4 heterocycles. The number of fused-ring (bicyclic) bond motifs is 1. The van der Waals surface area contributed by atoms with Crippen LogP contribution in [0.2, 0.25) is 0 Å². The summed E-state index contributed by atoms with van der Waals surface area (Å²) < 4.78 is 3.73. The van der Waals surface area contributed by atoms with E-state index in [9.17, 15) is 4.79 Å². The highest BCUT2D eigenvalue weighted by molar-refractivity contribution is 5.92. The van der Waals surface area contributed by atoms with Crippen LogP contribution in [0.4, 0.5) is 5.69 Å². The molecule has 1 amide bonds. The van der Waals surface area contributed by atoms with Crippen molar-refractivity contribution in [1.82, 2.24) is 23.9 Å². The third-order valence-corrected chi connectivity index (χ3v) is 3.87. The topological polar surface area (TPSA) is 77.1 Å². The molecule has 0 atom stereocenters. The van der Waals surface area contributed by atoms with E-state index in [1.54, 1.807) is 23.3 Å². The van der Waals surface area contributed by atoms with Gasteiger partial charge < -0.3 is 9.72 Å². The van der Waals surface area contributed by atoms with E-state index in [2.05, 4.69) is 20.3 Å². The largest absolute Gasteiger partial charge is 0.324 e. The third kappa shape index (κ3) is 3.12. The molecule has 124 valence electrons. The molecule has 0 saturated heterocycles. The SMILES string of the molecule is Cc1cccn2cc(CC(=O)Nc3ccc(-n4ccnc4)nc3)nc12. The van der Waals surface area contributed by atoms with Crippen LogP contribution in [0.1, 0.15) is 11.3 Å². The summed E-state index contributed by atoms with van der Waals surface area (Å²) in [7, 11) is 0. The second-order valence-electron chi connectivity index (χ2n) is 5.75. The Labute approximate surface area is 144 Å². The first kappa shape index (κ1) is 15.1. The zero-order valence-corrected chi connectivity index (χ0v) is 13.6. The smallest absolute Gasteiger partial charge is 0.230 e. The van der Waals surface area contributed by atoms with Gasteiger partial charge in [0.25, 0.3) is 0 Å². The van der Waals surface area contributed by atoms with E-state index in [0.717, 1.165) is 22.7 Å². The molecule has 7 nitrogen and oxygen atoms in total. The summed E-state index contributed by atoms with van der Waals surface area (Å²) in [6.07, 6.45) is 10.8. The number of imidazole rings is 2. The zero-order valence-electron chi connectivity index (χ0n) is 13.6. The summed E-state index contributed by atoms with van der Waals surface area (Å²) in [6.45, 7) is 2.00. The van der Waals surface area contributed by atoms with E-state index in [0.29, 0.717) is 5.69 Å². The molecule has 0 aliphatic rings. The fourth-order valence-corrected chi connectivity index (χ4v) is 2.67. The van der Waals surface area contributed by atoms with Gasteiger partial charge in [-0.3, -0.25) is 9.36 Å². The molecule has 0 unspecified atom stereocenters. The number of hydrogen-bond donors (Lipinski definition) is 1. The predicted octanol–water partition coefficient (Wildman–Crippen LogP) is 2.40. The molecule has 0 saturated carbocycles. The van der Waals surface area contributed by atoms with Gasteiger partial charge in [0, 0.05) is 24.8 Å². The van der Waals surface area contributed by atoms with Gasteiger partial charge >= 0.3 is 0 Å². The van der Waals surface area contributed by atoms with Gasteiger partial charge in [-0.15, -0.1) is 0 Å². The fraction of sp³-hybridized carbons (Fsp3) is 0.111. The zero-order chi connectivity index (χ0) is 17.2. The number of aromatic nitrogens is 5. The van der Waals surface area contributed by atoms with E-state index in [1.165, 1.54) is 0 Å². The molecule has 0 aliphatic heterocycles. The minimum Gasteiger partial charge on any atom is -0.324 e. The standard InChI is InChI=1S/C18H16N6O/c1-13-3-2-7-23-11-15(22-18(13)23)9-17(25)21-14-4-5-16(20-10-14)24-8-6-19-12-24/h2-8,10-12H,9H2,1H3,(H,21,25). The Bertz CT molecular complexity index is 1020. The first-order valence-electron chi connectivity index (χ1n) is 7.86. The van der Waals surface area contributed by atoms with Crippen molar-refractivity contribution in [3.05, 3.63) is 72.8 Å². The van der Waals surface area contributed by atoms with E-state index < -0.39 is 0 Å². The van der Waals surface area contributed by atoms with E-state index >= 15 is 0 Å². The van der Waals surface area contributed by atoms with Crippen LogP contribution in [0.5, 0.6) is 0 Å². The number of nitrogens with zero attached hydrogens (tertiary/aromatic N) is 5. The van der Waals surface area contributed by atoms with Crippen molar-refractivity contribution in [1.29, 1.82) is 0 Å². The van der Waals surface area contributed by atoms with Crippen molar-refractivity contribution < 1.29 is 4.79 Å². The van der Waals surface area contributed by atoms with Crippen LogP contribution in [-0.4, -0.2) is 29.8 Å². The summed E-state index contributed by atoms with van der Waals surface area (Å²) in [4.78, 5) is 25.1. The highest BCUT2D eigenvalue weighted by Gasteiger charge is 2.09. The molecular formula is C18H16N6O. The summed E-state index contributed by atoms with van der Waals surface area (Å²) in [6, 6.07) is 7.60. The Balaban J connectivity index is 1.45. The van der Waals surface area contributed by atoms with Gasteiger partial charge in [-0.1, -0.05) is 6.07 Å². The van der Waals surface area contributed by atoms with Gasteiger partial charge in [0.1, 0.15) is 17.8 Å². The Morgan fingerprint density at radius 2 is 2.16 bits per heavy atom. The van der Waals surface area contributed by atoms with Crippen LogP contribution >= 0.6 is 0 Å². The number of anilines is 1. The first-order valence-corrected chi connectivity index (χ1v) is 7.86. The molecule has 0 fully saturated rings. The van der Waals surface area contributed by atoms with Gasteiger partial charge in [0.05, 0.1) is 24.0 Å². The second-order valence-corrected chi connectivity index (χ2v) is 5.75. The normalized spacial score (nSPS) is 10.9. The fourth-order valence-electron chi connectivity index (χ4n) is 2.67. The molecule has 4 aromatic heterocycles. The molecule has 4 aromatic rings. The molecule has 1 N–H and O–H groups in total. The average Bonchev–Trinajstić information content (AvgIpc) is 3.25. The van der Waals surface area contributed by atoms with Crippen LogP contribution in [0, 0.1) is 6.92 Å². The number of nitrogens with one attached hydrogen (secondary N) is 1. The number of pyridine rings is 2. The van der Waals surface area contributed by atoms with Gasteiger partial charge in [-0.25, -0.2) is 15.0 Å². The highest BCUT2D eigenvalue weighted by Crippen LogP contribution is 2.12. The lowest BCUT2D eigenvalue weighted by molar-refractivity contribution is -0.115. The molecular weight excluding hydrogens is 316 g/mol. The van der Waals surface area contributed by atoms with E-state index in [1.807, 2.05) is 54.2 Å². The Hall–Kier alpha value is -3.48. The first-order chi connectivity index (χ1) is 12.2. The van der Waals surface area contributed by atoms with Crippen LogP contribution in [0.25, 0.3) is 11.5 Å². The Kier molecular flexibility index (Phi) is 3.74. The molecule has 4 rings (SSSR count). The number of hydrogen-bond acceptors (Lipinski definition) is 4. The second kappa shape index (κ2) is 6.20. The van der Waals surface area contributed by atoms with Crippen molar-refractivity contribution in [2.75, 3.05) is 5.32 Å². The minimum atomic E-state index is -0.127. The van der Waals surface area contributed by atoms with Crippen molar-refractivity contribution >= 4 is 17.2 Å². The quantitative estimate of drug-likeness (QED) is 0.622. The van der Waals surface area contributed by atoms with E-state index in [-0.39, 0.29) is 12.3 Å². The van der Waals surface area contributed by atoms with Crippen LogP contribution in [-0.2, 0) is 11.2 Å². The Morgan fingerprint density at radius 1 is 1.24 bits per heavy atom. The van der Waals surface area contributed by atoms with Crippen LogP contribution in [0.3, 0.4) is 0 Å². The molecule has 25 heavy (non-hydrogen) atoms. The van der Waals surface area contributed by atoms with Gasteiger partial charge in [0.15, 0.2) is 0 Å². The lowest BCUT2D eigenvalue weighted by atomic mass is 10.3. The lowest BCUT2D eigenvalue weighted by Crippen LogP contribution is -2.14. The number of carbonyl (C=O) groups is 1. The van der Waals surface area contributed by atoms with Gasteiger partial charge in [0.2, 0.25) is 5.91 Å². The summed E-state index contributed by atoms with van der Waals surface area (Å²) in [5.74, 6) is 0.615. The maximum absolute atomic E-state index is 12.3. The molecule has 0 aliphatic carbocycles. The molecule has 0 spiro atoms. The number of amides is 1. The lowest BCUT2D eigenvalue weighted by Gasteiger charge is -2.05. The molecule has 0 bridgehead atoms. The number of rotatable bonds is 4. The van der Waals surface area contributed by atoms with Crippen molar-refractivity contribution in [2.24, 2.45) is 0 Å². The predicted molar refractivity (Wildman–Crippen MR) is 93.6 cm³/mol. The molecule has 7 heteroatoms. The molecule has 0 radical (unpaired) electrons. The minimum absolute atomic E-state index is 0.127.